The van der Waals surface area contributed by atoms with E-state index in [2.05, 4.69) is 0 Å². The predicted octanol–water partition coefficient (Wildman–Crippen LogP) is 3.51. The molecule has 0 aliphatic carbocycles. The van der Waals surface area contributed by atoms with Crippen LogP contribution in [0.2, 0.25) is 0 Å². The van der Waals surface area contributed by atoms with Crippen LogP contribution < -0.4 is 0 Å². The molecule has 0 radical (unpaired) electrons. The molecule has 1 heterocycles. The molecule has 2 rings (SSSR count). The Morgan fingerprint density at radius 3 is 2.63 bits per heavy atom. The van der Waals surface area contributed by atoms with Crippen molar-refractivity contribution in [3.05, 3.63) is 35.6 Å². The number of carbonyl (C=O) groups is 1. The average Bonchev–Trinajstić information content (AvgIpc) is 2.36. The van der Waals surface area contributed by atoms with E-state index in [-0.39, 0.29) is 11.9 Å². The highest BCUT2D eigenvalue weighted by Crippen LogP contribution is 2.38. The van der Waals surface area contributed by atoms with E-state index in [1.807, 2.05) is 6.92 Å². The van der Waals surface area contributed by atoms with E-state index in [4.69, 9.17) is 16.3 Å². The van der Waals surface area contributed by atoms with Crippen LogP contribution in [-0.2, 0) is 9.61 Å². The lowest BCUT2D eigenvalue weighted by atomic mass is 9.91. The standard InChI is InChI=1S/C14H17ClFNO2/c1-2-3-8-19-13(18)17-9-14(15,10-17)11-4-6-12(16)7-5-11/h4-7H,2-3,8-10H2,1H3. The van der Waals surface area contributed by atoms with Crippen LogP contribution in [0.1, 0.15) is 25.3 Å². The SMILES string of the molecule is CCCCOC(=O)N1CC(Cl)(c2ccc(F)cc2)C1. The zero-order chi connectivity index (χ0) is 13.9. The number of amides is 1. The van der Waals surface area contributed by atoms with E-state index >= 15 is 0 Å². The fourth-order valence-electron chi connectivity index (χ4n) is 2.01. The molecule has 1 amide bonds. The number of ether oxygens (including phenoxy) is 1. The Morgan fingerprint density at radius 1 is 1.42 bits per heavy atom. The first-order chi connectivity index (χ1) is 9.05. The van der Waals surface area contributed by atoms with E-state index in [1.165, 1.54) is 12.1 Å². The fourth-order valence-corrected chi connectivity index (χ4v) is 2.43. The number of likely N-dealkylation sites (tertiary alicyclic amines) is 1. The van der Waals surface area contributed by atoms with Crippen LogP contribution in [0.25, 0.3) is 0 Å². The fraction of sp³-hybridized carbons (Fsp3) is 0.500. The van der Waals surface area contributed by atoms with Gasteiger partial charge in [0.2, 0.25) is 0 Å². The molecule has 0 spiro atoms. The van der Waals surface area contributed by atoms with Crippen LogP contribution in [0.15, 0.2) is 24.3 Å². The van der Waals surface area contributed by atoms with Crippen molar-refractivity contribution in [2.45, 2.75) is 24.6 Å². The summed E-state index contributed by atoms with van der Waals surface area (Å²) in [6.45, 7) is 3.27. The molecule has 1 aliphatic rings. The van der Waals surface area contributed by atoms with Gasteiger partial charge in [-0.15, -0.1) is 11.6 Å². The number of rotatable bonds is 4. The minimum absolute atomic E-state index is 0.292. The smallest absolute Gasteiger partial charge is 0.409 e. The number of hydrogen-bond donors (Lipinski definition) is 0. The summed E-state index contributed by atoms with van der Waals surface area (Å²) in [4.78, 5) is 12.6. The molecule has 104 valence electrons. The lowest BCUT2D eigenvalue weighted by Crippen LogP contribution is -2.58. The Balaban J connectivity index is 1.87. The van der Waals surface area contributed by atoms with Gasteiger partial charge in [-0.3, -0.25) is 0 Å². The van der Waals surface area contributed by atoms with Gasteiger partial charge >= 0.3 is 6.09 Å². The number of halogens is 2. The van der Waals surface area contributed by atoms with E-state index in [0.717, 1.165) is 18.4 Å². The minimum Gasteiger partial charge on any atom is -0.449 e. The molecular formula is C14H17ClFNO2. The molecule has 5 heteroatoms. The Bertz CT molecular complexity index is 443. The van der Waals surface area contributed by atoms with Crippen molar-refractivity contribution >= 4 is 17.7 Å². The van der Waals surface area contributed by atoms with Gasteiger partial charge in [-0.2, -0.15) is 0 Å². The largest absolute Gasteiger partial charge is 0.449 e. The molecule has 1 saturated heterocycles. The second kappa shape index (κ2) is 5.78. The topological polar surface area (TPSA) is 29.5 Å². The second-order valence-corrected chi connectivity index (χ2v) is 5.52. The quantitative estimate of drug-likeness (QED) is 0.626. The first-order valence-electron chi connectivity index (χ1n) is 6.42. The molecule has 0 N–H and O–H groups in total. The molecule has 0 aromatic heterocycles. The number of nitrogens with zero attached hydrogens (tertiary/aromatic N) is 1. The molecule has 1 aromatic carbocycles. The van der Waals surface area contributed by atoms with Gasteiger partial charge in [0.1, 0.15) is 10.7 Å². The van der Waals surface area contributed by atoms with Crippen LogP contribution in [0.3, 0.4) is 0 Å². The second-order valence-electron chi connectivity index (χ2n) is 4.80. The lowest BCUT2D eigenvalue weighted by molar-refractivity contribution is 0.0611. The van der Waals surface area contributed by atoms with Crippen molar-refractivity contribution in [1.29, 1.82) is 0 Å². The molecule has 0 atom stereocenters. The van der Waals surface area contributed by atoms with Crippen molar-refractivity contribution in [3.63, 3.8) is 0 Å². The van der Waals surface area contributed by atoms with E-state index in [9.17, 15) is 9.18 Å². The summed E-state index contributed by atoms with van der Waals surface area (Å²) >= 11 is 6.41. The summed E-state index contributed by atoms with van der Waals surface area (Å²) < 4.78 is 18.0. The van der Waals surface area contributed by atoms with E-state index < -0.39 is 4.87 Å². The van der Waals surface area contributed by atoms with Gasteiger partial charge in [0.25, 0.3) is 0 Å². The molecule has 0 saturated carbocycles. The van der Waals surface area contributed by atoms with Crippen LogP contribution in [0.5, 0.6) is 0 Å². The number of benzene rings is 1. The third-order valence-corrected chi connectivity index (χ3v) is 3.68. The zero-order valence-electron chi connectivity index (χ0n) is 10.9. The Hall–Kier alpha value is -1.29. The van der Waals surface area contributed by atoms with Crippen molar-refractivity contribution in [3.8, 4) is 0 Å². The lowest BCUT2D eigenvalue weighted by Gasteiger charge is -2.45. The minimum atomic E-state index is -0.614. The van der Waals surface area contributed by atoms with Crippen molar-refractivity contribution in [1.82, 2.24) is 4.90 Å². The van der Waals surface area contributed by atoms with E-state index in [1.54, 1.807) is 17.0 Å². The van der Waals surface area contributed by atoms with Gasteiger partial charge < -0.3 is 9.64 Å². The molecular weight excluding hydrogens is 269 g/mol. The summed E-state index contributed by atoms with van der Waals surface area (Å²) in [7, 11) is 0. The molecule has 3 nitrogen and oxygen atoms in total. The van der Waals surface area contributed by atoms with Gasteiger partial charge in [-0.05, 0) is 24.1 Å². The summed E-state index contributed by atoms with van der Waals surface area (Å²) in [6, 6.07) is 6.06. The van der Waals surface area contributed by atoms with Crippen LogP contribution in [-0.4, -0.2) is 30.7 Å². The molecule has 1 aromatic rings. The third-order valence-electron chi connectivity index (χ3n) is 3.23. The first kappa shape index (κ1) is 14.1. The molecule has 0 bridgehead atoms. The number of alkyl halides is 1. The number of hydrogen-bond acceptors (Lipinski definition) is 2. The maximum atomic E-state index is 12.8. The zero-order valence-corrected chi connectivity index (χ0v) is 11.6. The van der Waals surface area contributed by atoms with Crippen molar-refractivity contribution in [2.75, 3.05) is 19.7 Å². The van der Waals surface area contributed by atoms with Gasteiger partial charge in [-0.1, -0.05) is 25.5 Å². The first-order valence-corrected chi connectivity index (χ1v) is 6.79. The Morgan fingerprint density at radius 2 is 2.05 bits per heavy atom. The van der Waals surface area contributed by atoms with Crippen molar-refractivity contribution < 1.29 is 13.9 Å². The molecule has 1 fully saturated rings. The highest BCUT2D eigenvalue weighted by atomic mass is 35.5. The van der Waals surface area contributed by atoms with Gasteiger partial charge in [0.05, 0.1) is 6.61 Å². The monoisotopic (exact) mass is 285 g/mol. The van der Waals surface area contributed by atoms with Crippen LogP contribution in [0, 0.1) is 5.82 Å². The van der Waals surface area contributed by atoms with Crippen LogP contribution in [0.4, 0.5) is 9.18 Å². The highest BCUT2D eigenvalue weighted by Gasteiger charge is 2.45. The summed E-state index contributed by atoms with van der Waals surface area (Å²) in [6.07, 6.45) is 1.53. The normalized spacial score (nSPS) is 16.9. The number of unbranched alkanes of at least 4 members (excludes halogenated alkanes) is 1. The predicted molar refractivity (Wildman–Crippen MR) is 71.8 cm³/mol. The van der Waals surface area contributed by atoms with Gasteiger partial charge in [0, 0.05) is 13.1 Å². The number of carbonyl (C=O) groups excluding carboxylic acids is 1. The Kier molecular flexibility index (Phi) is 4.30. The van der Waals surface area contributed by atoms with Crippen LogP contribution >= 0.6 is 11.6 Å². The summed E-state index contributed by atoms with van der Waals surface area (Å²) in [5, 5.41) is 0. The van der Waals surface area contributed by atoms with Gasteiger partial charge in [-0.25, -0.2) is 9.18 Å². The third kappa shape index (κ3) is 3.18. The highest BCUT2D eigenvalue weighted by molar-refractivity contribution is 6.25. The molecule has 0 unspecified atom stereocenters. The van der Waals surface area contributed by atoms with Gasteiger partial charge in [0.15, 0.2) is 0 Å². The average molecular weight is 286 g/mol. The summed E-state index contributed by atoms with van der Waals surface area (Å²) in [5.41, 5.74) is 0.827. The van der Waals surface area contributed by atoms with E-state index in [0.29, 0.717) is 19.7 Å². The maximum absolute atomic E-state index is 12.8. The summed E-state index contributed by atoms with van der Waals surface area (Å²) in [5.74, 6) is -0.292. The van der Waals surface area contributed by atoms with Crippen molar-refractivity contribution in [2.24, 2.45) is 0 Å². The maximum Gasteiger partial charge on any atom is 0.409 e. The molecule has 19 heavy (non-hydrogen) atoms. The molecule has 1 aliphatic heterocycles. The Labute approximate surface area is 117 Å².